The van der Waals surface area contributed by atoms with Crippen LogP contribution in [0.1, 0.15) is 27.9 Å². The highest BCUT2D eigenvalue weighted by Gasteiger charge is 2.34. The van der Waals surface area contributed by atoms with Crippen molar-refractivity contribution in [3.05, 3.63) is 82.5 Å². The Morgan fingerprint density at radius 2 is 1.97 bits per heavy atom. The Labute approximate surface area is 210 Å². The second-order valence-corrected chi connectivity index (χ2v) is 8.54. The summed E-state index contributed by atoms with van der Waals surface area (Å²) < 4.78 is 45.0. The minimum Gasteiger partial charge on any atom is -0.496 e. The molecule has 1 heterocycles. The number of nitrogens with zero attached hydrogens (tertiary/aromatic N) is 3. The maximum Gasteiger partial charge on any atom is 0.433 e. The van der Waals surface area contributed by atoms with Crippen LogP contribution in [0, 0.1) is 18.3 Å². The third-order valence-electron chi connectivity index (χ3n) is 4.67. The van der Waals surface area contributed by atoms with Crippen LogP contribution in [-0.2, 0) is 11.9 Å². The molecule has 0 aliphatic carbocycles. The highest BCUT2D eigenvalue weighted by molar-refractivity contribution is 7.98. The molecule has 35 heavy (non-hydrogen) atoms. The normalized spacial score (nSPS) is 11.2. The van der Waals surface area contributed by atoms with Gasteiger partial charge in [-0.05, 0) is 66.7 Å². The van der Waals surface area contributed by atoms with Crippen molar-refractivity contribution < 1.29 is 17.9 Å². The van der Waals surface area contributed by atoms with Gasteiger partial charge in [0, 0.05) is 17.0 Å². The number of para-hydroxylation sites is 1. The summed E-state index contributed by atoms with van der Waals surface area (Å²) in [7, 11) is 1.50. The van der Waals surface area contributed by atoms with Gasteiger partial charge in [-0.15, -0.1) is 11.8 Å². The van der Waals surface area contributed by atoms with Crippen molar-refractivity contribution in [1.82, 2.24) is 10.4 Å². The summed E-state index contributed by atoms with van der Waals surface area (Å²) in [5.41, 5.74) is 4.26. The summed E-state index contributed by atoms with van der Waals surface area (Å²) in [4.78, 5) is 3.69. The van der Waals surface area contributed by atoms with Gasteiger partial charge in [-0.25, -0.2) is 4.98 Å². The van der Waals surface area contributed by atoms with Crippen LogP contribution in [-0.4, -0.2) is 23.4 Å². The molecule has 0 atom stereocenters. The fraction of sp³-hybridized carbons (Fsp3) is 0.167. The predicted molar refractivity (Wildman–Crippen MR) is 135 cm³/mol. The summed E-state index contributed by atoms with van der Waals surface area (Å²) in [6.45, 7) is 1.46. The molecule has 0 spiro atoms. The molecule has 180 valence electrons. The number of benzene rings is 2. The first kappa shape index (κ1) is 26.0. The number of pyridine rings is 1. The van der Waals surface area contributed by atoms with Crippen LogP contribution in [0.25, 0.3) is 0 Å². The lowest BCUT2D eigenvalue weighted by atomic mass is 10.1. The second kappa shape index (κ2) is 11.7. The van der Waals surface area contributed by atoms with E-state index in [4.69, 9.17) is 17.0 Å². The quantitative estimate of drug-likeness (QED) is 0.175. The number of hydrogen-bond donors (Lipinski definition) is 2. The number of hydrazone groups is 1. The van der Waals surface area contributed by atoms with Crippen LogP contribution < -0.4 is 15.5 Å². The number of thioether (sulfide) groups is 1. The molecular weight excluding hydrogens is 495 g/mol. The van der Waals surface area contributed by atoms with E-state index in [9.17, 15) is 18.4 Å². The first-order valence-corrected chi connectivity index (χ1v) is 11.5. The smallest absolute Gasteiger partial charge is 0.433 e. The predicted octanol–water partition coefficient (Wildman–Crippen LogP) is 5.90. The molecule has 0 radical (unpaired) electrons. The zero-order valence-corrected chi connectivity index (χ0v) is 20.3. The van der Waals surface area contributed by atoms with E-state index in [1.54, 1.807) is 24.4 Å². The molecule has 2 N–H and O–H groups in total. The Morgan fingerprint density at radius 1 is 1.23 bits per heavy atom. The van der Waals surface area contributed by atoms with E-state index in [0.717, 1.165) is 23.5 Å². The Kier molecular flexibility index (Phi) is 8.68. The number of aryl methyl sites for hydroxylation is 1. The van der Waals surface area contributed by atoms with Crippen molar-refractivity contribution in [3.63, 3.8) is 0 Å². The van der Waals surface area contributed by atoms with E-state index in [0.29, 0.717) is 22.0 Å². The van der Waals surface area contributed by atoms with Crippen molar-refractivity contribution >= 4 is 41.0 Å². The van der Waals surface area contributed by atoms with E-state index in [1.165, 1.54) is 14.0 Å². The van der Waals surface area contributed by atoms with Gasteiger partial charge in [-0.3, -0.25) is 5.43 Å². The van der Waals surface area contributed by atoms with Crippen molar-refractivity contribution in [1.29, 1.82) is 5.26 Å². The fourth-order valence-corrected chi connectivity index (χ4v) is 4.22. The summed E-state index contributed by atoms with van der Waals surface area (Å²) in [6.07, 6.45) is -3.05. The highest BCUT2D eigenvalue weighted by atomic mass is 32.2. The van der Waals surface area contributed by atoms with Gasteiger partial charge >= 0.3 is 6.18 Å². The van der Waals surface area contributed by atoms with Crippen molar-refractivity contribution in [2.24, 2.45) is 5.10 Å². The topological polar surface area (TPSA) is 82.3 Å². The Balaban J connectivity index is 1.74. The number of halogens is 3. The monoisotopic (exact) mass is 515 g/mol. The van der Waals surface area contributed by atoms with Crippen LogP contribution in [0.4, 0.5) is 18.9 Å². The van der Waals surface area contributed by atoms with Crippen molar-refractivity contribution in [3.8, 4) is 11.8 Å². The zero-order chi connectivity index (χ0) is 25.4. The summed E-state index contributed by atoms with van der Waals surface area (Å²) in [6, 6.07) is 17.5. The molecule has 11 heteroatoms. The van der Waals surface area contributed by atoms with Crippen LogP contribution in [0.5, 0.6) is 5.75 Å². The largest absolute Gasteiger partial charge is 0.496 e. The molecule has 0 saturated heterocycles. The standard InChI is InChI=1S/C24H20F3N5OS2/c1-15-10-21(24(25,26)27)31-22(19(15)12-28)35-14-17-11-16(8-9-20(17)33-2)13-29-32-23(34)30-18-6-4-3-5-7-18/h3-11,13H,14H2,1-2H3,(H2,30,32,34)/b29-13+. The minimum atomic E-state index is -4.61. The van der Waals surface area contributed by atoms with Crippen molar-refractivity contribution in [2.75, 3.05) is 12.4 Å². The van der Waals surface area contributed by atoms with Gasteiger partial charge in [0.05, 0.1) is 18.9 Å². The number of methoxy groups -OCH3 is 1. The van der Waals surface area contributed by atoms with Gasteiger partial charge in [0.15, 0.2) is 5.11 Å². The molecule has 3 aromatic rings. The van der Waals surface area contributed by atoms with Crippen LogP contribution >= 0.6 is 24.0 Å². The van der Waals surface area contributed by atoms with E-state index in [-0.39, 0.29) is 21.9 Å². The average molecular weight is 516 g/mol. The number of alkyl halides is 3. The van der Waals surface area contributed by atoms with Gasteiger partial charge in [0.25, 0.3) is 0 Å². The SMILES string of the molecule is COc1ccc(/C=N/NC(=S)Nc2ccccc2)cc1CSc1nc(C(F)(F)F)cc(C)c1C#N. The number of anilines is 1. The first-order valence-electron chi connectivity index (χ1n) is 10.1. The highest BCUT2D eigenvalue weighted by Crippen LogP contribution is 2.35. The van der Waals surface area contributed by atoms with E-state index in [1.807, 2.05) is 36.4 Å². The lowest BCUT2D eigenvalue weighted by Gasteiger charge is -2.13. The second-order valence-electron chi connectivity index (χ2n) is 7.16. The third-order valence-corrected chi connectivity index (χ3v) is 5.88. The fourth-order valence-electron chi connectivity index (χ4n) is 3.01. The van der Waals surface area contributed by atoms with Crippen LogP contribution in [0.2, 0.25) is 0 Å². The third kappa shape index (κ3) is 7.18. The van der Waals surface area contributed by atoms with E-state index >= 15 is 0 Å². The van der Waals surface area contributed by atoms with Gasteiger partial charge < -0.3 is 10.1 Å². The first-order chi connectivity index (χ1) is 16.7. The number of nitriles is 1. The van der Waals surface area contributed by atoms with Gasteiger partial charge in [0.1, 0.15) is 22.5 Å². The Morgan fingerprint density at radius 3 is 2.63 bits per heavy atom. The van der Waals surface area contributed by atoms with Gasteiger partial charge in [-0.2, -0.15) is 23.5 Å². The Hall–Kier alpha value is -3.62. The number of hydrogen-bond acceptors (Lipinski definition) is 6. The molecule has 6 nitrogen and oxygen atoms in total. The molecule has 2 aromatic carbocycles. The van der Waals surface area contributed by atoms with Crippen LogP contribution in [0.15, 0.2) is 64.7 Å². The molecule has 0 bridgehead atoms. The van der Waals surface area contributed by atoms with Gasteiger partial charge in [0.2, 0.25) is 0 Å². The molecule has 0 fully saturated rings. The molecule has 0 aliphatic rings. The minimum absolute atomic E-state index is 0.0138. The average Bonchev–Trinajstić information content (AvgIpc) is 2.82. The number of rotatable bonds is 7. The maximum absolute atomic E-state index is 13.2. The van der Waals surface area contributed by atoms with Crippen molar-refractivity contribution in [2.45, 2.75) is 23.9 Å². The molecule has 1 aromatic heterocycles. The summed E-state index contributed by atoms with van der Waals surface area (Å²) in [5, 5.41) is 16.9. The van der Waals surface area contributed by atoms with E-state index in [2.05, 4.69) is 20.8 Å². The van der Waals surface area contributed by atoms with Gasteiger partial charge in [-0.1, -0.05) is 18.2 Å². The summed E-state index contributed by atoms with van der Waals surface area (Å²) >= 11 is 6.24. The maximum atomic E-state index is 13.2. The summed E-state index contributed by atoms with van der Waals surface area (Å²) in [5.74, 6) is 0.778. The molecular formula is C24H20F3N5OS2. The molecule has 0 amide bonds. The number of ether oxygens (including phenoxy) is 1. The lowest BCUT2D eigenvalue weighted by molar-refractivity contribution is -0.141. The molecule has 0 saturated carbocycles. The number of nitrogens with one attached hydrogen (secondary N) is 2. The van der Waals surface area contributed by atoms with Crippen LogP contribution in [0.3, 0.4) is 0 Å². The number of aromatic nitrogens is 1. The molecule has 0 aliphatic heterocycles. The molecule has 3 rings (SSSR count). The molecule has 0 unspecified atom stereocenters. The lowest BCUT2D eigenvalue weighted by Crippen LogP contribution is -2.23. The zero-order valence-electron chi connectivity index (χ0n) is 18.7. The Bertz CT molecular complexity index is 1270. The van der Waals surface area contributed by atoms with E-state index < -0.39 is 11.9 Å². The number of thiocarbonyl (C=S) groups is 1.